The van der Waals surface area contributed by atoms with Crippen LogP contribution >= 0.6 is 50.7 Å². The first-order valence-electron chi connectivity index (χ1n) is 10.3. The van der Waals surface area contributed by atoms with Gasteiger partial charge in [-0.25, -0.2) is 0 Å². The molecule has 0 radical (unpaired) electrons. The van der Waals surface area contributed by atoms with Gasteiger partial charge in [-0.1, -0.05) is 53.0 Å². The molecule has 2 aromatic rings. The maximum Gasteiger partial charge on any atom is 0.400 e. The van der Waals surface area contributed by atoms with Crippen LogP contribution in [0.25, 0.3) is 6.08 Å². The van der Waals surface area contributed by atoms with Gasteiger partial charge >= 0.3 is 18.5 Å². The highest BCUT2D eigenvalue weighted by Gasteiger charge is 2.57. The molecular weight excluding hydrogens is 680 g/mol. The molecular formula is C23H14BrCl3F9NO2. The maximum atomic E-state index is 13.7. The lowest BCUT2D eigenvalue weighted by Crippen LogP contribution is -2.40. The van der Waals surface area contributed by atoms with E-state index in [1.54, 1.807) is 0 Å². The van der Waals surface area contributed by atoms with E-state index in [0.717, 1.165) is 30.4 Å². The van der Waals surface area contributed by atoms with E-state index >= 15 is 0 Å². The molecule has 0 spiro atoms. The van der Waals surface area contributed by atoms with Gasteiger partial charge in [0.15, 0.2) is 11.7 Å². The number of nitrogens with one attached hydrogen (secondary N) is 1. The highest BCUT2D eigenvalue weighted by atomic mass is 79.9. The van der Waals surface area contributed by atoms with Crippen LogP contribution in [0.2, 0.25) is 15.1 Å². The molecule has 1 unspecified atom stereocenters. The van der Waals surface area contributed by atoms with Crippen LogP contribution in [0.1, 0.15) is 33.8 Å². The Morgan fingerprint density at radius 1 is 0.872 bits per heavy atom. The van der Waals surface area contributed by atoms with Crippen LogP contribution in [-0.4, -0.2) is 36.8 Å². The number of hydrogen-bond donors (Lipinski definition) is 1. The van der Waals surface area contributed by atoms with Gasteiger partial charge in [-0.3, -0.25) is 9.59 Å². The number of amides is 1. The number of ketones is 1. The van der Waals surface area contributed by atoms with E-state index in [1.165, 1.54) is 12.1 Å². The highest BCUT2D eigenvalue weighted by molar-refractivity contribution is 9.10. The van der Waals surface area contributed by atoms with E-state index in [2.05, 4.69) is 15.9 Å². The standard InChI is InChI=1S/C23H14BrCl3F9NO2/c24-15-5-10(2-4-14(21(28,29)30)11-6-16(25)19(27)17(26)7-11)1-3-13(15)20(39)37-9-12(38)8-18(22(31,32)33)23(34,35)36/h1-7,14,18H,8-9H2,(H,37,39)/b4-2+. The Bertz CT molecular complexity index is 1220. The van der Waals surface area contributed by atoms with E-state index in [-0.39, 0.29) is 36.2 Å². The average molecular weight is 694 g/mol. The summed E-state index contributed by atoms with van der Waals surface area (Å²) in [6.07, 6.45) is -16.2. The minimum absolute atomic E-state index is 0.0131. The van der Waals surface area contributed by atoms with Crippen molar-refractivity contribution in [1.82, 2.24) is 5.32 Å². The van der Waals surface area contributed by atoms with Gasteiger partial charge in [0.1, 0.15) is 0 Å². The molecule has 0 saturated heterocycles. The molecule has 0 bridgehead atoms. The molecule has 214 valence electrons. The zero-order chi connectivity index (χ0) is 29.9. The quantitative estimate of drug-likeness (QED) is 0.222. The molecule has 0 aliphatic heterocycles. The Hall–Kier alpha value is -1.96. The van der Waals surface area contributed by atoms with Gasteiger partial charge in [-0.05, 0) is 51.3 Å². The van der Waals surface area contributed by atoms with Gasteiger partial charge in [0.25, 0.3) is 5.91 Å². The van der Waals surface area contributed by atoms with Gasteiger partial charge in [0, 0.05) is 10.9 Å². The third-order valence-corrected chi connectivity index (χ3v) is 6.96. The average Bonchev–Trinajstić information content (AvgIpc) is 2.77. The predicted molar refractivity (Wildman–Crippen MR) is 131 cm³/mol. The van der Waals surface area contributed by atoms with Crippen molar-refractivity contribution in [3.8, 4) is 0 Å². The third kappa shape index (κ3) is 9.29. The smallest absolute Gasteiger partial charge is 0.345 e. The summed E-state index contributed by atoms with van der Waals surface area (Å²) < 4.78 is 117. The van der Waals surface area contributed by atoms with Crippen molar-refractivity contribution >= 4 is 68.5 Å². The molecule has 1 amide bonds. The van der Waals surface area contributed by atoms with Crippen LogP contribution in [0.4, 0.5) is 39.5 Å². The van der Waals surface area contributed by atoms with Crippen molar-refractivity contribution < 1.29 is 49.1 Å². The van der Waals surface area contributed by atoms with Crippen LogP contribution in [0.5, 0.6) is 0 Å². The second-order valence-electron chi connectivity index (χ2n) is 7.98. The van der Waals surface area contributed by atoms with E-state index in [9.17, 15) is 49.1 Å². The van der Waals surface area contributed by atoms with Crippen LogP contribution in [0.15, 0.2) is 40.9 Å². The topological polar surface area (TPSA) is 46.2 Å². The molecule has 0 heterocycles. The molecule has 0 aliphatic rings. The first-order chi connectivity index (χ1) is 17.7. The minimum atomic E-state index is -5.71. The number of halogens is 13. The van der Waals surface area contributed by atoms with Gasteiger partial charge in [0.2, 0.25) is 0 Å². The van der Waals surface area contributed by atoms with Gasteiger partial charge < -0.3 is 5.32 Å². The minimum Gasteiger partial charge on any atom is -0.345 e. The summed E-state index contributed by atoms with van der Waals surface area (Å²) in [5.41, 5.74) is -0.309. The summed E-state index contributed by atoms with van der Waals surface area (Å²) in [5.74, 6) is -8.57. The molecule has 0 saturated carbocycles. The molecule has 2 rings (SSSR count). The van der Waals surface area contributed by atoms with Crippen LogP contribution in [0.3, 0.4) is 0 Å². The molecule has 1 atom stereocenters. The largest absolute Gasteiger partial charge is 0.400 e. The summed E-state index contributed by atoms with van der Waals surface area (Å²) in [6, 6.07) is 5.59. The zero-order valence-corrected chi connectivity index (χ0v) is 22.7. The predicted octanol–water partition coefficient (Wildman–Crippen LogP) is 9.20. The normalized spacial score (nSPS) is 13.7. The molecule has 0 aromatic heterocycles. The van der Waals surface area contributed by atoms with Crippen molar-refractivity contribution in [3.05, 3.63) is 72.6 Å². The second-order valence-corrected chi connectivity index (χ2v) is 10.0. The van der Waals surface area contributed by atoms with Crippen molar-refractivity contribution in [2.45, 2.75) is 30.9 Å². The van der Waals surface area contributed by atoms with E-state index in [1.807, 2.05) is 5.32 Å². The molecule has 1 N–H and O–H groups in total. The monoisotopic (exact) mass is 691 g/mol. The Labute approximate surface area is 238 Å². The first kappa shape index (κ1) is 33.2. The van der Waals surface area contributed by atoms with E-state index in [4.69, 9.17) is 34.8 Å². The number of hydrogen-bond acceptors (Lipinski definition) is 2. The highest BCUT2D eigenvalue weighted by Crippen LogP contribution is 2.42. The van der Waals surface area contributed by atoms with E-state index < -0.39 is 55.0 Å². The second kappa shape index (κ2) is 12.7. The molecule has 16 heteroatoms. The molecule has 2 aromatic carbocycles. The van der Waals surface area contributed by atoms with Crippen molar-refractivity contribution in [2.75, 3.05) is 6.54 Å². The van der Waals surface area contributed by atoms with Crippen molar-refractivity contribution in [3.63, 3.8) is 0 Å². The number of benzene rings is 2. The lowest BCUT2D eigenvalue weighted by molar-refractivity contribution is -0.283. The van der Waals surface area contributed by atoms with Crippen molar-refractivity contribution in [2.24, 2.45) is 5.92 Å². The Kier molecular flexibility index (Phi) is 10.8. The number of alkyl halides is 9. The van der Waals surface area contributed by atoms with Crippen LogP contribution < -0.4 is 5.32 Å². The number of Topliss-reactive ketones (excluding diaryl/α,β-unsaturated/α-hetero) is 1. The Balaban J connectivity index is 2.16. The summed E-state index contributed by atoms with van der Waals surface area (Å²) >= 11 is 20.5. The third-order valence-electron chi connectivity index (χ3n) is 5.10. The van der Waals surface area contributed by atoms with Gasteiger partial charge in [-0.15, -0.1) is 0 Å². The van der Waals surface area contributed by atoms with Crippen molar-refractivity contribution in [1.29, 1.82) is 0 Å². The summed E-state index contributed by atoms with van der Waals surface area (Å²) in [4.78, 5) is 24.0. The number of allylic oxidation sites excluding steroid dienone is 1. The fraction of sp³-hybridized carbons (Fsp3) is 0.304. The van der Waals surface area contributed by atoms with Gasteiger partial charge in [-0.2, -0.15) is 39.5 Å². The lowest BCUT2D eigenvalue weighted by atomic mass is 9.97. The maximum absolute atomic E-state index is 13.7. The fourth-order valence-electron chi connectivity index (χ4n) is 3.18. The summed E-state index contributed by atoms with van der Waals surface area (Å²) in [7, 11) is 0. The SMILES string of the molecule is O=C(CNC(=O)c1ccc(/C=C/C(c2cc(Cl)c(Cl)c(Cl)c2)C(F)(F)F)cc1Br)CC(C(F)(F)F)C(F)(F)F. The van der Waals surface area contributed by atoms with Gasteiger partial charge in [0.05, 0.1) is 33.1 Å². The molecule has 0 fully saturated rings. The fourth-order valence-corrected chi connectivity index (χ4v) is 4.37. The number of rotatable bonds is 8. The lowest BCUT2D eigenvalue weighted by Gasteiger charge is -2.22. The van der Waals surface area contributed by atoms with E-state index in [0.29, 0.717) is 0 Å². The summed E-state index contributed by atoms with van der Waals surface area (Å²) in [5, 5.41) is 1.42. The van der Waals surface area contributed by atoms with Crippen LogP contribution in [-0.2, 0) is 4.79 Å². The first-order valence-corrected chi connectivity index (χ1v) is 12.3. The zero-order valence-electron chi connectivity index (χ0n) is 18.8. The Morgan fingerprint density at radius 2 is 1.41 bits per heavy atom. The molecule has 3 nitrogen and oxygen atoms in total. The number of carbonyl (C=O) groups is 2. The molecule has 39 heavy (non-hydrogen) atoms. The summed E-state index contributed by atoms with van der Waals surface area (Å²) in [6.45, 7) is -1.12. The van der Waals surface area contributed by atoms with Crippen LogP contribution in [0, 0.1) is 5.92 Å². The Morgan fingerprint density at radius 3 is 1.87 bits per heavy atom. The molecule has 0 aliphatic carbocycles. The number of carbonyl (C=O) groups excluding carboxylic acids is 2.